The number of ether oxygens (including phenoxy) is 1. The number of nitrogens with two attached hydrogens (primary N) is 1. The van der Waals surface area contributed by atoms with E-state index in [9.17, 15) is 14.7 Å². The minimum Gasteiger partial charge on any atom is -0.507 e. The molecule has 2 rings (SSSR count). The summed E-state index contributed by atoms with van der Waals surface area (Å²) in [5.74, 6) is -2.13. The summed E-state index contributed by atoms with van der Waals surface area (Å²) in [5.41, 5.74) is 5.17. The van der Waals surface area contributed by atoms with Crippen LogP contribution in [0.25, 0.3) is 10.9 Å². The number of esters is 2. The second-order valence-corrected chi connectivity index (χ2v) is 3.50. The van der Waals surface area contributed by atoms with Gasteiger partial charge < -0.3 is 15.6 Å². The highest BCUT2D eigenvalue weighted by molar-refractivity contribution is 6.08. The summed E-state index contributed by atoms with van der Waals surface area (Å²) in [6.45, 7) is -0.412. The highest BCUT2D eigenvalue weighted by Crippen LogP contribution is 2.26. The predicted octanol–water partition coefficient (Wildman–Crippen LogP) is 0.582. The smallest absolute Gasteiger partial charge is 0.351 e. The first-order chi connectivity index (χ1) is 8.63. The molecule has 0 saturated carbocycles. The molecule has 0 saturated heterocycles. The number of carbonyl (C=O) groups is 2. The number of rotatable bonds is 2. The maximum Gasteiger partial charge on any atom is 0.351 e. The van der Waals surface area contributed by atoms with Crippen molar-refractivity contribution in [3.63, 3.8) is 0 Å². The van der Waals surface area contributed by atoms with Gasteiger partial charge >= 0.3 is 11.9 Å². The lowest BCUT2D eigenvalue weighted by molar-refractivity contribution is -0.136. The van der Waals surface area contributed by atoms with E-state index in [0.29, 0.717) is 5.39 Å². The van der Waals surface area contributed by atoms with Crippen molar-refractivity contribution in [3.8, 4) is 5.75 Å². The molecule has 1 heterocycles. The van der Waals surface area contributed by atoms with Gasteiger partial charge in [-0.2, -0.15) is 0 Å². The lowest BCUT2D eigenvalue weighted by atomic mass is 10.1. The second kappa shape index (κ2) is 4.80. The van der Waals surface area contributed by atoms with Crippen molar-refractivity contribution in [3.05, 3.63) is 36.0 Å². The van der Waals surface area contributed by atoms with E-state index in [1.54, 1.807) is 18.2 Å². The summed E-state index contributed by atoms with van der Waals surface area (Å²) in [7, 11) is 0. The average Bonchev–Trinajstić information content (AvgIpc) is 2.38. The second-order valence-electron chi connectivity index (χ2n) is 3.50. The van der Waals surface area contributed by atoms with Gasteiger partial charge in [0.1, 0.15) is 11.3 Å². The Morgan fingerprint density at radius 2 is 2.11 bits per heavy atom. The Morgan fingerprint density at radius 1 is 1.33 bits per heavy atom. The Balaban J connectivity index is 2.52. The van der Waals surface area contributed by atoms with Gasteiger partial charge in [-0.05, 0) is 18.2 Å². The van der Waals surface area contributed by atoms with Crippen LogP contribution in [0, 0.1) is 0 Å². The van der Waals surface area contributed by atoms with Crippen LogP contribution in [0.3, 0.4) is 0 Å². The molecule has 0 radical (unpaired) electrons. The third-order valence-electron chi connectivity index (χ3n) is 2.33. The molecule has 0 bridgehead atoms. The summed E-state index contributed by atoms with van der Waals surface area (Å²) in [6, 6.07) is 6.37. The van der Waals surface area contributed by atoms with Crippen LogP contribution in [-0.4, -0.2) is 28.6 Å². The van der Waals surface area contributed by atoms with E-state index in [-0.39, 0.29) is 16.8 Å². The van der Waals surface area contributed by atoms with E-state index >= 15 is 0 Å². The van der Waals surface area contributed by atoms with Crippen molar-refractivity contribution >= 4 is 22.8 Å². The number of phenolic OH excluding ortho intramolecular Hbond substituents is 1. The molecule has 0 aliphatic heterocycles. The first kappa shape index (κ1) is 12.0. The summed E-state index contributed by atoms with van der Waals surface area (Å²) in [6.07, 6.45) is 1.48. The van der Waals surface area contributed by atoms with Crippen LogP contribution in [-0.2, 0) is 9.53 Å². The van der Waals surface area contributed by atoms with E-state index in [1.807, 2.05) is 0 Å². The normalized spacial score (nSPS) is 10.3. The van der Waals surface area contributed by atoms with E-state index in [1.165, 1.54) is 12.3 Å². The Morgan fingerprint density at radius 3 is 2.83 bits per heavy atom. The van der Waals surface area contributed by atoms with Crippen molar-refractivity contribution < 1.29 is 19.4 Å². The lowest BCUT2D eigenvalue weighted by Gasteiger charge is -2.06. The van der Waals surface area contributed by atoms with Crippen LogP contribution < -0.4 is 5.73 Å². The molecule has 3 N–H and O–H groups in total. The monoisotopic (exact) mass is 246 g/mol. The van der Waals surface area contributed by atoms with E-state index < -0.39 is 18.5 Å². The van der Waals surface area contributed by atoms with Crippen LogP contribution >= 0.6 is 0 Å². The molecule has 2 aromatic rings. The molecule has 1 aromatic carbocycles. The van der Waals surface area contributed by atoms with Crippen molar-refractivity contribution in [2.24, 2.45) is 5.73 Å². The average molecular weight is 246 g/mol. The SMILES string of the molecule is NCC(=O)OC(=O)c1c(O)ccc2cccnc12. The zero-order chi connectivity index (χ0) is 13.1. The fourth-order valence-electron chi connectivity index (χ4n) is 1.53. The largest absolute Gasteiger partial charge is 0.507 e. The van der Waals surface area contributed by atoms with Gasteiger partial charge in [-0.15, -0.1) is 0 Å². The van der Waals surface area contributed by atoms with Gasteiger partial charge in [0, 0.05) is 11.6 Å². The molecule has 18 heavy (non-hydrogen) atoms. The first-order valence-corrected chi connectivity index (χ1v) is 5.15. The van der Waals surface area contributed by atoms with E-state index in [4.69, 9.17) is 5.73 Å². The van der Waals surface area contributed by atoms with Crippen molar-refractivity contribution in [2.45, 2.75) is 0 Å². The van der Waals surface area contributed by atoms with Crippen LogP contribution in [0.15, 0.2) is 30.5 Å². The molecule has 0 atom stereocenters. The van der Waals surface area contributed by atoms with Crippen LogP contribution in [0.2, 0.25) is 0 Å². The highest BCUT2D eigenvalue weighted by Gasteiger charge is 2.20. The molecule has 6 nitrogen and oxygen atoms in total. The molecule has 92 valence electrons. The molecule has 0 fully saturated rings. The third-order valence-corrected chi connectivity index (χ3v) is 2.33. The molecule has 0 amide bonds. The van der Waals surface area contributed by atoms with Gasteiger partial charge in [-0.25, -0.2) is 4.79 Å². The Bertz CT molecular complexity index is 625. The first-order valence-electron chi connectivity index (χ1n) is 5.15. The Hall–Kier alpha value is -2.47. The van der Waals surface area contributed by atoms with Crippen molar-refractivity contribution in [1.29, 1.82) is 0 Å². The number of pyridine rings is 1. The summed E-state index contributed by atoms with van der Waals surface area (Å²) in [5, 5.41) is 10.3. The number of nitrogens with zero attached hydrogens (tertiary/aromatic N) is 1. The summed E-state index contributed by atoms with van der Waals surface area (Å²) < 4.78 is 4.47. The van der Waals surface area contributed by atoms with Crippen LogP contribution in [0.5, 0.6) is 5.75 Å². The molecule has 0 aliphatic carbocycles. The summed E-state index contributed by atoms with van der Waals surface area (Å²) >= 11 is 0. The molecule has 0 spiro atoms. The minimum absolute atomic E-state index is 0.144. The number of hydrogen-bond acceptors (Lipinski definition) is 6. The topological polar surface area (TPSA) is 103 Å². The number of aromatic nitrogens is 1. The fraction of sp³-hybridized carbons (Fsp3) is 0.0833. The minimum atomic E-state index is -0.966. The fourth-order valence-corrected chi connectivity index (χ4v) is 1.53. The lowest BCUT2D eigenvalue weighted by Crippen LogP contribution is -2.21. The summed E-state index contributed by atoms with van der Waals surface area (Å²) in [4.78, 5) is 26.7. The highest BCUT2D eigenvalue weighted by atomic mass is 16.6. The van der Waals surface area contributed by atoms with Gasteiger partial charge in [0.25, 0.3) is 0 Å². The Labute approximate surface area is 102 Å². The molecule has 1 aromatic heterocycles. The van der Waals surface area contributed by atoms with Crippen molar-refractivity contribution in [1.82, 2.24) is 4.98 Å². The van der Waals surface area contributed by atoms with Crippen molar-refractivity contribution in [2.75, 3.05) is 6.54 Å². The molecule has 0 unspecified atom stereocenters. The molecular weight excluding hydrogens is 236 g/mol. The van der Waals surface area contributed by atoms with Crippen LogP contribution in [0.4, 0.5) is 0 Å². The number of carbonyl (C=O) groups excluding carboxylic acids is 2. The number of aromatic hydroxyl groups is 1. The van der Waals surface area contributed by atoms with Crippen LogP contribution in [0.1, 0.15) is 10.4 Å². The van der Waals surface area contributed by atoms with Gasteiger partial charge in [-0.1, -0.05) is 6.07 Å². The standard InChI is InChI=1S/C12H10N2O4/c13-6-9(16)18-12(17)10-8(15)4-3-7-2-1-5-14-11(7)10/h1-5,15H,6,13H2. The molecule has 0 aliphatic rings. The van der Waals surface area contributed by atoms with E-state index in [0.717, 1.165) is 0 Å². The van der Waals surface area contributed by atoms with E-state index in [2.05, 4.69) is 9.72 Å². The Kier molecular flexibility index (Phi) is 3.20. The quantitative estimate of drug-likeness (QED) is 0.593. The van der Waals surface area contributed by atoms with Gasteiger partial charge in [0.2, 0.25) is 0 Å². The van der Waals surface area contributed by atoms with Gasteiger partial charge in [-0.3, -0.25) is 9.78 Å². The number of hydrogen-bond donors (Lipinski definition) is 2. The maximum atomic E-state index is 11.8. The predicted molar refractivity (Wildman–Crippen MR) is 62.9 cm³/mol. The number of benzene rings is 1. The number of phenols is 1. The zero-order valence-corrected chi connectivity index (χ0v) is 9.29. The zero-order valence-electron chi connectivity index (χ0n) is 9.29. The van der Waals surface area contributed by atoms with Gasteiger partial charge in [0.15, 0.2) is 0 Å². The maximum absolute atomic E-state index is 11.8. The molecular formula is C12H10N2O4. The molecule has 6 heteroatoms. The number of fused-ring (bicyclic) bond motifs is 1. The third kappa shape index (κ3) is 2.14. The van der Waals surface area contributed by atoms with Gasteiger partial charge in [0.05, 0.1) is 12.1 Å².